The number of nitrogens with zero attached hydrogens (tertiary/aromatic N) is 3. The van der Waals surface area contributed by atoms with Crippen LogP contribution < -0.4 is 5.14 Å². The molecule has 0 saturated heterocycles. The van der Waals surface area contributed by atoms with Gasteiger partial charge in [0, 0.05) is 24.2 Å². The average molecular weight is 498 g/mol. The molecule has 1 fully saturated rings. The van der Waals surface area contributed by atoms with Gasteiger partial charge in [0.25, 0.3) is 5.89 Å². The largest absolute Gasteiger partial charge is 0.344 e. The molecule has 0 spiro atoms. The zero-order valence-corrected chi connectivity index (χ0v) is 17.8. The Kier molecular flexibility index (Phi) is 4.43. The predicted octanol–water partition coefficient (Wildman–Crippen LogP) is 3.49. The Morgan fingerprint density at radius 1 is 1.22 bits per heavy atom. The van der Waals surface area contributed by atoms with Gasteiger partial charge in [-0.3, -0.25) is 0 Å². The maximum atomic E-state index is 11.4. The fourth-order valence-corrected chi connectivity index (χ4v) is 4.67. The van der Waals surface area contributed by atoms with Gasteiger partial charge >= 0.3 is 0 Å². The van der Waals surface area contributed by atoms with E-state index in [-0.39, 0.29) is 22.1 Å². The van der Waals surface area contributed by atoms with Gasteiger partial charge in [0.05, 0.1) is 15.0 Å². The fourth-order valence-electron chi connectivity index (χ4n) is 3.73. The smallest absolute Gasteiger partial charge is 0.259 e. The van der Waals surface area contributed by atoms with Crippen molar-refractivity contribution in [1.82, 2.24) is 14.7 Å². The van der Waals surface area contributed by atoms with Crippen LogP contribution in [0.3, 0.4) is 0 Å². The van der Waals surface area contributed by atoms with E-state index in [1.165, 1.54) is 0 Å². The van der Waals surface area contributed by atoms with E-state index in [0.29, 0.717) is 11.7 Å². The Balaban J connectivity index is 1.60. The first-order chi connectivity index (χ1) is 12.7. The fraction of sp³-hybridized carbons (Fsp3) is 0.333. The van der Waals surface area contributed by atoms with Crippen molar-refractivity contribution >= 4 is 32.6 Å². The number of hydrogen-bond acceptors (Lipinski definition) is 5. The van der Waals surface area contributed by atoms with E-state index >= 15 is 0 Å². The Morgan fingerprint density at radius 2 is 1.93 bits per heavy atom. The molecule has 7 nitrogen and oxygen atoms in total. The molecule has 2 aromatic heterocycles. The van der Waals surface area contributed by atoms with Crippen LogP contribution in [0.4, 0.5) is 0 Å². The van der Waals surface area contributed by atoms with Crippen molar-refractivity contribution in [2.75, 3.05) is 0 Å². The quantitative estimate of drug-likeness (QED) is 0.429. The number of nitrogens with two attached hydrogens (primary N) is 1. The molecule has 27 heavy (non-hydrogen) atoms. The maximum Gasteiger partial charge on any atom is 0.259 e. The number of halogens is 1. The lowest BCUT2D eigenvalue weighted by Crippen LogP contribution is -2.11. The van der Waals surface area contributed by atoms with Crippen LogP contribution >= 0.6 is 22.6 Å². The highest BCUT2D eigenvalue weighted by atomic mass is 127. The van der Waals surface area contributed by atoms with Crippen LogP contribution in [-0.4, -0.2) is 23.1 Å². The molecule has 1 aliphatic rings. The van der Waals surface area contributed by atoms with Crippen molar-refractivity contribution in [3.63, 3.8) is 0 Å². The summed E-state index contributed by atoms with van der Waals surface area (Å²) in [5.41, 5.74) is 1.90. The molecule has 3 aromatic rings. The second-order valence-electron chi connectivity index (χ2n) is 7.38. The van der Waals surface area contributed by atoms with Crippen molar-refractivity contribution in [2.45, 2.75) is 35.1 Å². The molecule has 9 heteroatoms. The Labute approximate surface area is 171 Å². The minimum atomic E-state index is -3.69. The predicted molar refractivity (Wildman–Crippen MR) is 109 cm³/mol. The third-order valence-electron chi connectivity index (χ3n) is 5.25. The SMILES string of the molecule is CC1(C)[C@@H](c2ccc(S(N)(=O)=O)cc2)[C@@H]1c1noc(-c2ccn(CI)c2)n1. The molecule has 2 atom stereocenters. The van der Waals surface area contributed by atoms with Crippen LogP contribution in [0.5, 0.6) is 0 Å². The van der Waals surface area contributed by atoms with E-state index in [9.17, 15) is 8.42 Å². The van der Waals surface area contributed by atoms with Crippen LogP contribution in [-0.2, 0) is 14.6 Å². The lowest BCUT2D eigenvalue weighted by molar-refractivity contribution is 0.419. The molecule has 1 aliphatic carbocycles. The Bertz CT molecular complexity index is 1090. The summed E-state index contributed by atoms with van der Waals surface area (Å²) < 4.78 is 31.3. The molecule has 1 saturated carbocycles. The first-order valence-electron chi connectivity index (χ1n) is 8.40. The van der Waals surface area contributed by atoms with Crippen molar-refractivity contribution < 1.29 is 12.9 Å². The van der Waals surface area contributed by atoms with Gasteiger partial charge in [-0.1, -0.05) is 53.7 Å². The second-order valence-corrected chi connectivity index (χ2v) is 9.63. The van der Waals surface area contributed by atoms with Gasteiger partial charge < -0.3 is 9.09 Å². The van der Waals surface area contributed by atoms with Crippen molar-refractivity contribution in [1.29, 1.82) is 0 Å². The van der Waals surface area contributed by atoms with E-state index in [0.717, 1.165) is 15.7 Å². The number of benzene rings is 1. The summed E-state index contributed by atoms with van der Waals surface area (Å²) >= 11 is 2.28. The lowest BCUT2D eigenvalue weighted by Gasteiger charge is -2.04. The van der Waals surface area contributed by atoms with E-state index < -0.39 is 10.0 Å². The van der Waals surface area contributed by atoms with Gasteiger partial charge in [-0.2, -0.15) is 4.98 Å². The van der Waals surface area contributed by atoms with Gasteiger partial charge in [0.2, 0.25) is 10.0 Å². The molecule has 0 unspecified atom stereocenters. The van der Waals surface area contributed by atoms with Gasteiger partial charge in [-0.15, -0.1) is 0 Å². The highest BCUT2D eigenvalue weighted by Gasteiger charge is 2.61. The van der Waals surface area contributed by atoms with Crippen LogP contribution in [0.15, 0.2) is 52.1 Å². The molecular weight excluding hydrogens is 479 g/mol. The van der Waals surface area contributed by atoms with E-state index in [1.807, 2.05) is 35.2 Å². The van der Waals surface area contributed by atoms with Gasteiger partial charge in [-0.25, -0.2) is 13.6 Å². The number of hydrogen-bond donors (Lipinski definition) is 1. The highest BCUT2D eigenvalue weighted by molar-refractivity contribution is 14.1. The van der Waals surface area contributed by atoms with Crippen LogP contribution in [0, 0.1) is 5.41 Å². The summed E-state index contributed by atoms with van der Waals surface area (Å²) in [5, 5.41) is 9.38. The molecule has 2 heterocycles. The molecule has 0 radical (unpaired) electrons. The topological polar surface area (TPSA) is 104 Å². The van der Waals surface area contributed by atoms with Crippen LogP contribution in [0.2, 0.25) is 0 Å². The summed E-state index contributed by atoms with van der Waals surface area (Å²) in [6.07, 6.45) is 3.95. The minimum Gasteiger partial charge on any atom is -0.344 e. The minimum absolute atomic E-state index is 0.0433. The molecule has 142 valence electrons. The zero-order chi connectivity index (χ0) is 19.4. The number of primary sulfonamides is 1. The summed E-state index contributed by atoms with van der Waals surface area (Å²) in [7, 11) is -3.69. The van der Waals surface area contributed by atoms with Crippen molar-refractivity contribution in [3.8, 4) is 11.5 Å². The summed E-state index contributed by atoms with van der Waals surface area (Å²) in [5.74, 6) is 1.50. The summed E-state index contributed by atoms with van der Waals surface area (Å²) in [4.78, 5) is 4.72. The normalized spacial score (nSPS) is 21.3. The highest BCUT2D eigenvalue weighted by Crippen LogP contribution is 2.69. The first-order valence-corrected chi connectivity index (χ1v) is 11.5. The van der Waals surface area contributed by atoms with E-state index in [4.69, 9.17) is 9.66 Å². The third-order valence-corrected chi connectivity index (χ3v) is 6.97. The van der Waals surface area contributed by atoms with E-state index in [1.54, 1.807) is 12.1 Å². The Morgan fingerprint density at radius 3 is 2.52 bits per heavy atom. The molecular formula is C18H19IN4O3S. The standard InChI is InChI=1S/C18H19IN4O3S/c1-18(2)14(11-3-5-13(6-4-11)27(20,24)25)15(18)16-21-17(26-22-16)12-7-8-23(9-12)10-19/h3-9,14-15H,10H2,1-2H3,(H2,20,24,25)/t14-,15+/m0/s1. The number of sulfonamides is 1. The summed E-state index contributed by atoms with van der Waals surface area (Å²) in [6, 6.07) is 8.67. The molecule has 0 amide bonds. The summed E-state index contributed by atoms with van der Waals surface area (Å²) in [6.45, 7) is 4.30. The zero-order valence-electron chi connectivity index (χ0n) is 14.8. The molecule has 0 bridgehead atoms. The van der Waals surface area contributed by atoms with Crippen molar-refractivity contribution in [3.05, 3.63) is 54.1 Å². The third kappa shape index (κ3) is 3.32. The Hall–Kier alpha value is -1.72. The van der Waals surface area contributed by atoms with Crippen molar-refractivity contribution in [2.24, 2.45) is 10.6 Å². The first kappa shape index (κ1) is 18.6. The van der Waals surface area contributed by atoms with Gasteiger partial charge in [-0.05, 0) is 29.2 Å². The molecule has 0 aliphatic heterocycles. The average Bonchev–Trinajstić information content (AvgIpc) is 3.05. The molecule has 1 aromatic carbocycles. The number of alkyl halides is 1. The van der Waals surface area contributed by atoms with Crippen LogP contribution in [0.1, 0.15) is 37.1 Å². The van der Waals surface area contributed by atoms with Crippen LogP contribution in [0.25, 0.3) is 11.5 Å². The molecule has 4 rings (SSSR count). The maximum absolute atomic E-state index is 11.4. The second kappa shape index (κ2) is 6.42. The lowest BCUT2D eigenvalue weighted by atomic mass is 10.0. The monoisotopic (exact) mass is 498 g/mol. The molecule has 2 N–H and O–H groups in total. The number of aromatic nitrogens is 3. The van der Waals surface area contributed by atoms with E-state index in [2.05, 4.69) is 46.6 Å². The van der Waals surface area contributed by atoms with Gasteiger partial charge in [0.15, 0.2) is 5.82 Å². The number of rotatable bonds is 5. The van der Waals surface area contributed by atoms with Gasteiger partial charge in [0.1, 0.15) is 0 Å².